The minimum Gasteiger partial charge on any atom is -0.410 e. The van der Waals surface area contributed by atoms with Gasteiger partial charge >= 0.3 is 12.3 Å². The van der Waals surface area contributed by atoms with Crippen molar-refractivity contribution >= 4 is 6.09 Å². The first-order chi connectivity index (χ1) is 18.1. The molecule has 0 bridgehead atoms. The van der Waals surface area contributed by atoms with E-state index in [2.05, 4.69) is 17.1 Å². The lowest BCUT2D eigenvalue weighted by Crippen LogP contribution is -2.56. The molecule has 5 nitrogen and oxygen atoms in total. The van der Waals surface area contributed by atoms with Gasteiger partial charge in [0, 0.05) is 18.0 Å². The number of halogens is 3. The number of ether oxygens (including phenoxy) is 1. The summed E-state index contributed by atoms with van der Waals surface area (Å²) in [5.41, 5.74) is -0.0785. The van der Waals surface area contributed by atoms with E-state index in [1.165, 1.54) is 0 Å². The number of hydrogen-bond donors (Lipinski definition) is 2. The molecule has 1 unspecified atom stereocenters. The Kier molecular flexibility index (Phi) is 7.48. The fraction of sp³-hybridized carbons (Fsp3) is 0.567. The van der Waals surface area contributed by atoms with E-state index in [0.29, 0.717) is 37.6 Å². The zero-order chi connectivity index (χ0) is 27.0. The van der Waals surface area contributed by atoms with Gasteiger partial charge in [-0.05, 0) is 99.2 Å². The van der Waals surface area contributed by atoms with Crippen molar-refractivity contribution in [1.29, 1.82) is 0 Å². The minimum absolute atomic E-state index is 0.242. The molecule has 0 aromatic heterocycles. The molecule has 2 N–H and O–H groups in total. The number of nitrogens with zero attached hydrogens (tertiary/aromatic N) is 1. The van der Waals surface area contributed by atoms with E-state index in [1.54, 1.807) is 6.07 Å². The van der Waals surface area contributed by atoms with E-state index >= 15 is 0 Å². The molecule has 206 valence electrons. The smallest absolute Gasteiger partial charge is 0.410 e. The predicted octanol–water partition coefficient (Wildman–Crippen LogP) is 5.78. The third-order valence-corrected chi connectivity index (χ3v) is 9.21. The van der Waals surface area contributed by atoms with Gasteiger partial charge in [0.05, 0.1) is 0 Å². The molecule has 5 rings (SSSR count). The molecular formula is C30H37F3N2O3. The highest BCUT2D eigenvalue weighted by Gasteiger charge is 2.61. The van der Waals surface area contributed by atoms with Crippen LogP contribution in [-0.4, -0.2) is 53.6 Å². The van der Waals surface area contributed by atoms with E-state index in [-0.39, 0.29) is 25.2 Å². The number of carbonyl (C=O) groups excluding carboxylic acids is 1. The van der Waals surface area contributed by atoms with Crippen LogP contribution in [0.2, 0.25) is 0 Å². The molecular weight excluding hydrogens is 493 g/mol. The van der Waals surface area contributed by atoms with Crippen molar-refractivity contribution < 1.29 is 27.8 Å². The van der Waals surface area contributed by atoms with E-state index in [4.69, 9.17) is 4.74 Å². The first-order valence-corrected chi connectivity index (χ1v) is 13.8. The summed E-state index contributed by atoms with van der Waals surface area (Å²) in [5, 5.41) is 13.5. The summed E-state index contributed by atoms with van der Waals surface area (Å²) in [4.78, 5) is 14.9. The van der Waals surface area contributed by atoms with Crippen LogP contribution in [-0.2, 0) is 18.3 Å². The Morgan fingerprint density at radius 1 is 1.16 bits per heavy atom. The van der Waals surface area contributed by atoms with Crippen molar-refractivity contribution in [3.8, 4) is 5.75 Å². The first-order valence-electron chi connectivity index (χ1n) is 13.8. The van der Waals surface area contributed by atoms with Gasteiger partial charge in [0.1, 0.15) is 5.75 Å². The van der Waals surface area contributed by atoms with Crippen LogP contribution in [0.4, 0.5) is 18.0 Å². The Hall–Kier alpha value is -2.58. The lowest BCUT2D eigenvalue weighted by Gasteiger charge is -2.53. The van der Waals surface area contributed by atoms with Crippen LogP contribution in [0.3, 0.4) is 0 Å². The van der Waals surface area contributed by atoms with Crippen molar-refractivity contribution in [3.05, 3.63) is 65.2 Å². The topological polar surface area (TPSA) is 61.8 Å². The third kappa shape index (κ3) is 5.17. The maximum absolute atomic E-state index is 13.8. The van der Waals surface area contributed by atoms with Crippen LogP contribution >= 0.6 is 0 Å². The van der Waals surface area contributed by atoms with Crippen LogP contribution in [0.25, 0.3) is 0 Å². The molecule has 4 atom stereocenters. The van der Waals surface area contributed by atoms with Crippen molar-refractivity contribution in [3.63, 3.8) is 0 Å². The average molecular weight is 531 g/mol. The summed E-state index contributed by atoms with van der Waals surface area (Å²) in [7, 11) is 0. The van der Waals surface area contributed by atoms with E-state index in [1.807, 2.05) is 42.5 Å². The molecule has 1 aliphatic heterocycles. The van der Waals surface area contributed by atoms with Crippen LogP contribution in [0.1, 0.15) is 62.1 Å². The number of likely N-dealkylation sites (tertiary alicyclic amines) is 1. The number of alkyl halides is 3. The lowest BCUT2D eigenvalue weighted by atomic mass is 9.52. The number of carbonyl (C=O) groups is 1. The number of fused-ring (bicyclic) bond motifs is 3. The van der Waals surface area contributed by atoms with Gasteiger partial charge in [0.15, 0.2) is 5.60 Å². The monoisotopic (exact) mass is 530 g/mol. The highest BCUT2D eigenvalue weighted by Crippen LogP contribution is 2.57. The Morgan fingerprint density at radius 3 is 2.68 bits per heavy atom. The molecule has 3 aliphatic rings. The maximum Gasteiger partial charge on any atom is 0.417 e. The van der Waals surface area contributed by atoms with Crippen LogP contribution in [0, 0.1) is 5.92 Å². The normalized spacial score (nSPS) is 29.4. The average Bonchev–Trinajstić information content (AvgIpc) is 3.35. The third-order valence-electron chi connectivity index (χ3n) is 9.21. The quantitative estimate of drug-likeness (QED) is 0.497. The minimum atomic E-state index is -4.65. The Morgan fingerprint density at radius 2 is 1.95 bits per heavy atom. The van der Waals surface area contributed by atoms with Gasteiger partial charge < -0.3 is 15.2 Å². The fourth-order valence-electron chi connectivity index (χ4n) is 7.16. The molecule has 38 heavy (non-hydrogen) atoms. The van der Waals surface area contributed by atoms with Crippen molar-refractivity contribution in [2.24, 2.45) is 5.92 Å². The van der Waals surface area contributed by atoms with Crippen LogP contribution < -0.4 is 10.1 Å². The van der Waals surface area contributed by atoms with Gasteiger partial charge in [-0.3, -0.25) is 4.90 Å². The van der Waals surface area contributed by atoms with Gasteiger partial charge in [-0.1, -0.05) is 43.3 Å². The lowest BCUT2D eigenvalue weighted by molar-refractivity contribution is -0.279. The van der Waals surface area contributed by atoms with Gasteiger partial charge in [-0.2, -0.15) is 13.2 Å². The number of aryl methyl sites for hydroxylation is 1. The predicted molar refractivity (Wildman–Crippen MR) is 139 cm³/mol. The van der Waals surface area contributed by atoms with Crippen LogP contribution in [0.15, 0.2) is 48.5 Å². The van der Waals surface area contributed by atoms with Gasteiger partial charge in [-0.25, -0.2) is 4.79 Å². The molecule has 2 aliphatic carbocycles. The number of hydrogen-bond acceptors (Lipinski definition) is 4. The molecule has 2 aromatic carbocycles. The van der Waals surface area contributed by atoms with E-state index < -0.39 is 23.3 Å². The SMILES string of the molecule is CCN1CCCC1CNC(=O)Oc1ccc2c(c1)CC[C@@H]1C[C@@](O)(C(F)(F)F)CC[C@@]21Cc1ccccc1. The van der Waals surface area contributed by atoms with Gasteiger partial charge in [-0.15, -0.1) is 0 Å². The fourth-order valence-corrected chi connectivity index (χ4v) is 7.16. The molecule has 1 heterocycles. The standard InChI is InChI=1S/C30H37F3N2O3/c1-2-35-16-6-9-24(35)20-34-27(36)38-25-12-13-26-22(17-25)10-11-23-19-29(37,30(31,32)33)15-14-28(23,26)18-21-7-4-3-5-8-21/h3-5,7-8,12-13,17,23-24,37H,2,6,9-11,14-16,18-20H2,1H3,(H,34,36)/t23-,24?,28+,29-/m1/s1. The molecule has 2 fully saturated rings. The van der Waals surface area contributed by atoms with E-state index in [9.17, 15) is 23.1 Å². The van der Waals surface area contributed by atoms with Crippen molar-refractivity contribution in [1.82, 2.24) is 10.2 Å². The number of benzene rings is 2. The summed E-state index contributed by atoms with van der Waals surface area (Å²) < 4.78 is 47.0. The zero-order valence-corrected chi connectivity index (χ0v) is 21.9. The number of likely N-dealkylation sites (N-methyl/N-ethyl adjacent to an activating group) is 1. The number of aliphatic hydroxyl groups is 1. The zero-order valence-electron chi connectivity index (χ0n) is 21.9. The largest absolute Gasteiger partial charge is 0.417 e. The number of amides is 1. The highest BCUT2D eigenvalue weighted by molar-refractivity contribution is 5.70. The molecule has 1 amide bonds. The molecule has 8 heteroatoms. The van der Waals surface area contributed by atoms with Crippen molar-refractivity contribution in [2.75, 3.05) is 19.6 Å². The van der Waals surface area contributed by atoms with Gasteiger partial charge in [0.25, 0.3) is 0 Å². The number of nitrogens with one attached hydrogen (secondary N) is 1. The molecule has 2 aromatic rings. The van der Waals surface area contributed by atoms with Gasteiger partial charge in [0.2, 0.25) is 0 Å². The van der Waals surface area contributed by atoms with Crippen LogP contribution in [0.5, 0.6) is 5.75 Å². The molecule has 0 spiro atoms. The Bertz CT molecular complexity index is 1140. The summed E-state index contributed by atoms with van der Waals surface area (Å²) in [6.45, 7) is 4.67. The molecule has 1 saturated heterocycles. The first kappa shape index (κ1) is 27.0. The Balaban J connectivity index is 1.36. The summed E-state index contributed by atoms with van der Waals surface area (Å²) in [6.07, 6.45) is -1.60. The Labute approximate surface area is 222 Å². The summed E-state index contributed by atoms with van der Waals surface area (Å²) in [5.74, 6) is 0.134. The van der Waals surface area contributed by atoms with E-state index in [0.717, 1.165) is 42.6 Å². The maximum atomic E-state index is 13.8. The molecule has 0 radical (unpaired) electrons. The van der Waals surface area contributed by atoms with Crippen molar-refractivity contribution in [2.45, 2.75) is 81.5 Å². The summed E-state index contributed by atoms with van der Waals surface area (Å²) >= 11 is 0. The second-order valence-electron chi connectivity index (χ2n) is 11.3. The number of rotatable bonds is 6. The molecule has 1 saturated carbocycles. The second kappa shape index (κ2) is 10.5. The second-order valence-corrected chi connectivity index (χ2v) is 11.3. The highest BCUT2D eigenvalue weighted by atomic mass is 19.4. The summed E-state index contributed by atoms with van der Waals surface area (Å²) in [6, 6.07) is 15.7.